The van der Waals surface area contributed by atoms with Gasteiger partial charge >= 0.3 is 11.9 Å². The number of amides is 1. The van der Waals surface area contributed by atoms with Crippen LogP contribution in [0.4, 0.5) is 0 Å². The number of carbonyl (C=O) groups is 2. The summed E-state index contributed by atoms with van der Waals surface area (Å²) in [6.07, 6.45) is 2.62. The lowest BCUT2D eigenvalue weighted by atomic mass is 10.1. The van der Waals surface area contributed by atoms with Crippen LogP contribution in [0.2, 0.25) is 0 Å². The Labute approximate surface area is 99.8 Å². The van der Waals surface area contributed by atoms with Crippen molar-refractivity contribution in [3.05, 3.63) is 0 Å². The zero-order valence-corrected chi connectivity index (χ0v) is 9.71. The Morgan fingerprint density at radius 1 is 1.06 bits per heavy atom. The van der Waals surface area contributed by atoms with Gasteiger partial charge in [-0.3, -0.25) is 9.69 Å². The molecule has 0 spiro atoms. The van der Waals surface area contributed by atoms with Gasteiger partial charge in [0.05, 0.1) is 6.10 Å². The summed E-state index contributed by atoms with van der Waals surface area (Å²) in [5.41, 5.74) is 0. The van der Waals surface area contributed by atoms with Crippen LogP contribution in [0.15, 0.2) is 0 Å². The SMILES string of the molecule is O=C(O)C(=O)N1CCN([C@H]2CCC[C@H]2O)CC1. The third-order valence-electron chi connectivity index (χ3n) is 3.70. The van der Waals surface area contributed by atoms with Gasteiger partial charge < -0.3 is 15.1 Å². The zero-order chi connectivity index (χ0) is 12.4. The normalized spacial score (nSPS) is 30.5. The number of piperazine rings is 1. The lowest BCUT2D eigenvalue weighted by Crippen LogP contribution is -2.54. The topological polar surface area (TPSA) is 81.1 Å². The number of hydrogen-bond donors (Lipinski definition) is 2. The van der Waals surface area contributed by atoms with Gasteiger partial charge in [0, 0.05) is 32.2 Å². The number of carboxylic acid groups (broad SMARTS) is 1. The van der Waals surface area contributed by atoms with Crippen LogP contribution in [0, 0.1) is 0 Å². The van der Waals surface area contributed by atoms with E-state index < -0.39 is 11.9 Å². The molecule has 2 fully saturated rings. The molecule has 2 aliphatic rings. The van der Waals surface area contributed by atoms with E-state index in [1.54, 1.807) is 0 Å². The smallest absolute Gasteiger partial charge is 0.394 e. The van der Waals surface area contributed by atoms with Crippen molar-refractivity contribution in [3.8, 4) is 0 Å². The van der Waals surface area contributed by atoms with Crippen molar-refractivity contribution in [1.82, 2.24) is 9.80 Å². The van der Waals surface area contributed by atoms with Gasteiger partial charge in [0.1, 0.15) is 0 Å². The predicted molar refractivity (Wildman–Crippen MR) is 59.4 cm³/mol. The van der Waals surface area contributed by atoms with E-state index in [0.29, 0.717) is 26.2 Å². The average molecular weight is 242 g/mol. The predicted octanol–water partition coefficient (Wildman–Crippen LogP) is -0.871. The van der Waals surface area contributed by atoms with Gasteiger partial charge in [-0.1, -0.05) is 0 Å². The minimum Gasteiger partial charge on any atom is -0.474 e. The summed E-state index contributed by atoms with van der Waals surface area (Å²) in [5, 5.41) is 18.4. The summed E-state index contributed by atoms with van der Waals surface area (Å²) in [5.74, 6) is -2.21. The fourth-order valence-corrected chi connectivity index (χ4v) is 2.74. The summed E-state index contributed by atoms with van der Waals surface area (Å²) < 4.78 is 0. The van der Waals surface area contributed by atoms with E-state index in [1.807, 2.05) is 0 Å². The highest BCUT2D eigenvalue weighted by Crippen LogP contribution is 2.24. The second kappa shape index (κ2) is 5.01. The number of carbonyl (C=O) groups excluding carboxylic acids is 1. The standard InChI is InChI=1S/C11H18N2O4/c14-9-3-1-2-8(9)12-4-6-13(7-5-12)10(15)11(16)17/h8-9,14H,1-7H2,(H,16,17)/t8-,9+/m0/s1. The number of nitrogens with zero attached hydrogens (tertiary/aromatic N) is 2. The van der Waals surface area contributed by atoms with Crippen molar-refractivity contribution >= 4 is 11.9 Å². The van der Waals surface area contributed by atoms with Gasteiger partial charge in [-0.05, 0) is 19.3 Å². The van der Waals surface area contributed by atoms with Crippen molar-refractivity contribution in [2.75, 3.05) is 26.2 Å². The molecule has 0 aromatic carbocycles. The van der Waals surface area contributed by atoms with Crippen LogP contribution in [0.3, 0.4) is 0 Å². The van der Waals surface area contributed by atoms with Gasteiger partial charge in [-0.25, -0.2) is 4.79 Å². The monoisotopic (exact) mass is 242 g/mol. The van der Waals surface area contributed by atoms with Gasteiger partial charge in [-0.15, -0.1) is 0 Å². The second-order valence-electron chi connectivity index (χ2n) is 4.70. The van der Waals surface area contributed by atoms with Gasteiger partial charge in [0.2, 0.25) is 0 Å². The molecule has 0 bridgehead atoms. The van der Waals surface area contributed by atoms with Crippen LogP contribution in [0.1, 0.15) is 19.3 Å². The molecule has 2 rings (SSSR count). The van der Waals surface area contributed by atoms with E-state index in [9.17, 15) is 14.7 Å². The van der Waals surface area contributed by atoms with Gasteiger partial charge in [-0.2, -0.15) is 0 Å². The third-order valence-corrected chi connectivity index (χ3v) is 3.70. The molecule has 6 nitrogen and oxygen atoms in total. The molecule has 0 aromatic rings. The first-order valence-corrected chi connectivity index (χ1v) is 6.04. The molecule has 1 saturated heterocycles. The molecule has 1 amide bonds. The molecule has 0 radical (unpaired) electrons. The number of aliphatic hydroxyl groups excluding tert-OH is 1. The number of aliphatic carboxylic acids is 1. The molecule has 1 saturated carbocycles. The van der Waals surface area contributed by atoms with E-state index in [2.05, 4.69) is 4.90 Å². The summed E-state index contributed by atoms with van der Waals surface area (Å²) in [6.45, 7) is 2.18. The van der Waals surface area contributed by atoms with Crippen LogP contribution >= 0.6 is 0 Å². The highest BCUT2D eigenvalue weighted by atomic mass is 16.4. The molecule has 2 N–H and O–H groups in total. The molecule has 96 valence electrons. The maximum atomic E-state index is 11.2. The van der Waals surface area contributed by atoms with Crippen LogP contribution in [-0.4, -0.2) is 70.2 Å². The van der Waals surface area contributed by atoms with Crippen molar-refractivity contribution < 1.29 is 19.8 Å². The number of rotatable bonds is 1. The lowest BCUT2D eigenvalue weighted by Gasteiger charge is -2.38. The third kappa shape index (κ3) is 2.58. The maximum Gasteiger partial charge on any atom is 0.394 e. The van der Waals surface area contributed by atoms with Crippen LogP contribution < -0.4 is 0 Å². The largest absolute Gasteiger partial charge is 0.474 e. The molecular weight excluding hydrogens is 224 g/mol. The first-order chi connectivity index (χ1) is 8.09. The molecule has 0 aromatic heterocycles. The highest BCUT2D eigenvalue weighted by molar-refractivity contribution is 6.31. The summed E-state index contributed by atoms with van der Waals surface area (Å²) in [6, 6.07) is 0.192. The summed E-state index contributed by atoms with van der Waals surface area (Å²) >= 11 is 0. The fraction of sp³-hybridized carbons (Fsp3) is 0.818. The quantitative estimate of drug-likeness (QED) is 0.584. The van der Waals surface area contributed by atoms with Gasteiger partial charge in [0.25, 0.3) is 0 Å². The number of carboxylic acids is 1. The molecule has 1 aliphatic heterocycles. The minimum absolute atomic E-state index is 0.192. The molecule has 17 heavy (non-hydrogen) atoms. The average Bonchev–Trinajstić information content (AvgIpc) is 2.74. The van der Waals surface area contributed by atoms with Crippen LogP contribution in [0.25, 0.3) is 0 Å². The highest BCUT2D eigenvalue weighted by Gasteiger charge is 2.34. The van der Waals surface area contributed by atoms with Crippen LogP contribution in [-0.2, 0) is 9.59 Å². The van der Waals surface area contributed by atoms with E-state index in [4.69, 9.17) is 5.11 Å². The zero-order valence-electron chi connectivity index (χ0n) is 9.71. The lowest BCUT2D eigenvalue weighted by molar-refractivity contribution is -0.157. The molecule has 6 heteroatoms. The Morgan fingerprint density at radius 3 is 2.18 bits per heavy atom. The first-order valence-electron chi connectivity index (χ1n) is 6.04. The van der Waals surface area contributed by atoms with E-state index in [-0.39, 0.29) is 12.1 Å². The summed E-state index contributed by atoms with van der Waals surface area (Å²) in [4.78, 5) is 25.3. The second-order valence-corrected chi connectivity index (χ2v) is 4.70. The van der Waals surface area contributed by atoms with Crippen molar-refractivity contribution in [1.29, 1.82) is 0 Å². The Bertz CT molecular complexity index is 313. The molecule has 2 atom stereocenters. The fourth-order valence-electron chi connectivity index (χ4n) is 2.74. The van der Waals surface area contributed by atoms with Crippen molar-refractivity contribution in [2.24, 2.45) is 0 Å². The summed E-state index contributed by atoms with van der Waals surface area (Å²) in [7, 11) is 0. The maximum absolute atomic E-state index is 11.2. The molecule has 1 aliphatic carbocycles. The Hall–Kier alpha value is -1.14. The van der Waals surface area contributed by atoms with Crippen LogP contribution in [0.5, 0.6) is 0 Å². The number of hydrogen-bond acceptors (Lipinski definition) is 4. The Kier molecular flexibility index (Phi) is 3.63. The molecule has 1 heterocycles. The molecular formula is C11H18N2O4. The Balaban J connectivity index is 1.85. The van der Waals surface area contributed by atoms with Crippen molar-refractivity contribution in [3.63, 3.8) is 0 Å². The van der Waals surface area contributed by atoms with E-state index >= 15 is 0 Å². The first kappa shape index (κ1) is 12.3. The van der Waals surface area contributed by atoms with Gasteiger partial charge in [0.15, 0.2) is 0 Å². The van der Waals surface area contributed by atoms with E-state index in [0.717, 1.165) is 19.3 Å². The number of aliphatic hydroxyl groups is 1. The van der Waals surface area contributed by atoms with E-state index in [1.165, 1.54) is 4.90 Å². The Morgan fingerprint density at radius 2 is 1.71 bits per heavy atom. The minimum atomic E-state index is -1.39. The molecule has 0 unspecified atom stereocenters. The van der Waals surface area contributed by atoms with Crippen molar-refractivity contribution in [2.45, 2.75) is 31.4 Å².